The maximum atomic E-state index is 5.62. The molecule has 5 heteroatoms. The maximum absolute atomic E-state index is 5.62. The Kier molecular flexibility index (Phi) is 7.84. The lowest BCUT2D eigenvalue weighted by Crippen LogP contribution is -2.04. The predicted molar refractivity (Wildman–Crippen MR) is 77.2 cm³/mol. The molecule has 0 aliphatic rings. The summed E-state index contributed by atoms with van der Waals surface area (Å²) in [5.74, 6) is 0.875. The van der Waals surface area contributed by atoms with E-state index in [9.17, 15) is 0 Å². The Balaban J connectivity index is 2.45. The van der Waals surface area contributed by atoms with Crippen LogP contribution in [0.5, 0.6) is 5.75 Å². The summed E-state index contributed by atoms with van der Waals surface area (Å²) in [7, 11) is 0.392. The van der Waals surface area contributed by atoms with Crippen molar-refractivity contribution in [3.05, 3.63) is 36.8 Å². The first-order chi connectivity index (χ1) is 9.21. The normalized spacial score (nSPS) is 12.6. The average Bonchev–Trinajstić information content (AvgIpc) is 2.45. The maximum Gasteiger partial charge on any atom is 0.332 e. The van der Waals surface area contributed by atoms with Crippen molar-refractivity contribution in [2.45, 2.75) is 19.8 Å². The molecule has 0 aromatic heterocycles. The van der Waals surface area contributed by atoms with Crippen molar-refractivity contribution in [1.29, 1.82) is 0 Å². The van der Waals surface area contributed by atoms with Gasteiger partial charge in [0.15, 0.2) is 0 Å². The summed E-state index contributed by atoms with van der Waals surface area (Å²) in [6, 6.07) is 7.82. The number of ether oxygens (including phenoxy) is 1. The molecule has 1 unspecified atom stereocenters. The number of rotatable bonds is 9. The fraction of sp³-hybridized carbons (Fsp3) is 0.500. The lowest BCUT2D eigenvalue weighted by atomic mass is 10.0. The van der Waals surface area contributed by atoms with Crippen molar-refractivity contribution < 1.29 is 18.3 Å². The van der Waals surface area contributed by atoms with Crippen LogP contribution in [-0.2, 0) is 13.6 Å². The third-order valence-corrected chi connectivity index (χ3v) is 3.74. The van der Waals surface area contributed by atoms with E-state index in [4.69, 9.17) is 18.3 Å². The van der Waals surface area contributed by atoms with Crippen molar-refractivity contribution in [3.63, 3.8) is 0 Å². The van der Waals surface area contributed by atoms with Crippen LogP contribution in [0.3, 0.4) is 0 Å². The number of benzene rings is 1. The van der Waals surface area contributed by atoms with Gasteiger partial charge in [-0.2, -0.15) is 0 Å². The standard InChI is InChI=1S/C14H22O4P/c1-5-16-19(17-6-2)18-11-12(3)13-7-9-14(15-4)10-8-13/h7-10,12H,3,5-6,11H2,1-2,4H3/q+1. The summed E-state index contributed by atoms with van der Waals surface area (Å²) in [4.78, 5) is 0. The highest BCUT2D eigenvalue weighted by Crippen LogP contribution is 2.40. The summed E-state index contributed by atoms with van der Waals surface area (Å²) >= 11 is 0. The second kappa shape index (κ2) is 9.16. The molecular formula is C14H22O4P+. The van der Waals surface area contributed by atoms with Crippen LogP contribution >= 0.6 is 8.60 Å². The van der Waals surface area contributed by atoms with E-state index in [2.05, 4.69) is 6.92 Å². The highest BCUT2D eigenvalue weighted by atomic mass is 31.2. The summed E-state index contributed by atoms with van der Waals surface area (Å²) in [6.07, 6.45) is 0. The first-order valence-electron chi connectivity index (χ1n) is 6.37. The zero-order valence-corrected chi connectivity index (χ0v) is 12.7. The van der Waals surface area contributed by atoms with E-state index in [0.717, 1.165) is 11.3 Å². The second-order valence-corrected chi connectivity index (χ2v) is 5.05. The molecule has 1 aromatic rings. The largest absolute Gasteiger partial charge is 0.497 e. The molecule has 0 radical (unpaired) electrons. The fourth-order valence-corrected chi connectivity index (χ4v) is 2.39. The van der Waals surface area contributed by atoms with Gasteiger partial charge in [-0.25, -0.2) is 0 Å². The van der Waals surface area contributed by atoms with Crippen molar-refractivity contribution in [1.82, 2.24) is 0 Å². The van der Waals surface area contributed by atoms with Gasteiger partial charge in [0.05, 0.1) is 27.2 Å². The van der Waals surface area contributed by atoms with Crippen LogP contribution in [0.2, 0.25) is 0 Å². The predicted octanol–water partition coefficient (Wildman–Crippen LogP) is 3.93. The molecule has 0 heterocycles. The monoisotopic (exact) mass is 285 g/mol. The SMILES string of the molecule is [CH2+]C(COP(OCC)OCC)c1ccc(OC)cc1. The zero-order valence-electron chi connectivity index (χ0n) is 11.8. The molecule has 1 aromatic carbocycles. The number of hydrogen-bond acceptors (Lipinski definition) is 4. The van der Waals surface area contributed by atoms with Crippen LogP contribution in [0.25, 0.3) is 0 Å². The van der Waals surface area contributed by atoms with Gasteiger partial charge in [-0.15, -0.1) is 0 Å². The minimum Gasteiger partial charge on any atom is -0.497 e. The van der Waals surface area contributed by atoms with Gasteiger partial charge in [-0.1, -0.05) is 12.1 Å². The molecule has 0 amide bonds. The van der Waals surface area contributed by atoms with Crippen molar-refractivity contribution in [2.75, 3.05) is 26.9 Å². The lowest BCUT2D eigenvalue weighted by Gasteiger charge is -2.15. The Morgan fingerprint density at radius 1 is 1.05 bits per heavy atom. The van der Waals surface area contributed by atoms with Crippen LogP contribution in [0.1, 0.15) is 25.3 Å². The minimum absolute atomic E-state index is 0.0387. The molecule has 0 saturated heterocycles. The smallest absolute Gasteiger partial charge is 0.332 e. The number of hydrogen-bond donors (Lipinski definition) is 0. The van der Waals surface area contributed by atoms with Gasteiger partial charge in [0.25, 0.3) is 0 Å². The molecule has 0 spiro atoms. The van der Waals surface area contributed by atoms with E-state index >= 15 is 0 Å². The fourth-order valence-electron chi connectivity index (χ4n) is 1.45. The van der Waals surface area contributed by atoms with Crippen LogP contribution in [0.15, 0.2) is 24.3 Å². The first-order valence-corrected chi connectivity index (χ1v) is 7.46. The highest BCUT2D eigenvalue weighted by molar-refractivity contribution is 7.41. The highest BCUT2D eigenvalue weighted by Gasteiger charge is 2.18. The molecule has 0 aliphatic carbocycles. The van der Waals surface area contributed by atoms with Crippen LogP contribution in [-0.4, -0.2) is 26.9 Å². The van der Waals surface area contributed by atoms with Gasteiger partial charge in [0.2, 0.25) is 0 Å². The van der Waals surface area contributed by atoms with Gasteiger partial charge in [0, 0.05) is 5.56 Å². The minimum atomic E-state index is -1.26. The molecule has 0 N–H and O–H groups in total. The number of methoxy groups -OCH3 is 1. The van der Waals surface area contributed by atoms with Gasteiger partial charge in [-0.05, 0) is 26.0 Å². The molecule has 19 heavy (non-hydrogen) atoms. The topological polar surface area (TPSA) is 36.9 Å². The van der Waals surface area contributed by atoms with E-state index in [1.54, 1.807) is 7.11 Å². The van der Waals surface area contributed by atoms with Gasteiger partial charge in [-0.3, -0.25) is 0 Å². The van der Waals surface area contributed by atoms with E-state index in [-0.39, 0.29) is 5.92 Å². The summed E-state index contributed by atoms with van der Waals surface area (Å²) in [5.41, 5.74) is 1.10. The third kappa shape index (κ3) is 5.79. The molecule has 0 fully saturated rings. The second-order valence-electron chi connectivity index (χ2n) is 3.83. The van der Waals surface area contributed by atoms with Crippen molar-refractivity contribution >= 4 is 8.60 Å². The van der Waals surface area contributed by atoms with E-state index in [1.807, 2.05) is 38.1 Å². The molecule has 0 saturated carbocycles. The Morgan fingerprint density at radius 3 is 2.11 bits per heavy atom. The molecule has 4 nitrogen and oxygen atoms in total. The van der Waals surface area contributed by atoms with Gasteiger partial charge < -0.3 is 18.3 Å². The van der Waals surface area contributed by atoms with E-state index in [0.29, 0.717) is 19.8 Å². The molecule has 1 atom stereocenters. The van der Waals surface area contributed by atoms with Crippen LogP contribution < -0.4 is 4.74 Å². The molecular weight excluding hydrogens is 263 g/mol. The Bertz CT molecular complexity index is 336. The lowest BCUT2D eigenvalue weighted by molar-refractivity contribution is 0.167. The summed E-state index contributed by atoms with van der Waals surface area (Å²) < 4.78 is 21.5. The zero-order chi connectivity index (χ0) is 14.1. The third-order valence-electron chi connectivity index (χ3n) is 2.44. The molecule has 1 rings (SSSR count). The van der Waals surface area contributed by atoms with Crippen molar-refractivity contribution in [2.24, 2.45) is 0 Å². The summed E-state index contributed by atoms with van der Waals surface area (Å²) in [5, 5.41) is 0. The Labute approximate surface area is 117 Å². The van der Waals surface area contributed by atoms with Gasteiger partial charge in [0.1, 0.15) is 18.3 Å². The molecule has 106 valence electrons. The van der Waals surface area contributed by atoms with Crippen molar-refractivity contribution in [3.8, 4) is 5.75 Å². The Morgan fingerprint density at radius 2 is 1.63 bits per heavy atom. The Hall–Kier alpha value is -0.800. The quantitative estimate of drug-likeness (QED) is 0.509. The van der Waals surface area contributed by atoms with Crippen LogP contribution in [0.4, 0.5) is 0 Å². The molecule has 0 bridgehead atoms. The first kappa shape index (κ1) is 16.3. The van der Waals surface area contributed by atoms with Crippen LogP contribution in [0, 0.1) is 6.92 Å². The summed E-state index contributed by atoms with van der Waals surface area (Å²) in [6.45, 7) is 9.56. The van der Waals surface area contributed by atoms with E-state index < -0.39 is 8.60 Å². The van der Waals surface area contributed by atoms with E-state index in [1.165, 1.54) is 0 Å². The molecule has 0 aliphatic heterocycles. The van der Waals surface area contributed by atoms with Gasteiger partial charge >= 0.3 is 8.60 Å². The average molecular weight is 285 g/mol.